The maximum absolute atomic E-state index is 7.12. The molecule has 57 valence electrons. The van der Waals surface area contributed by atoms with E-state index in [1.807, 2.05) is 0 Å². The standard InChI is InChI=1S/C8H9N2O/c1-11-7-4-2-3-6(5-7)8(9)10/h2-3,5H,1H3,(H3,9,10). The second kappa shape index (κ2) is 3.05. The molecular formula is C8H9N2O. The normalized spacial score (nSPS) is 9.18. The topological polar surface area (TPSA) is 59.1 Å². The summed E-state index contributed by atoms with van der Waals surface area (Å²) in [5.41, 5.74) is 5.90. The zero-order valence-corrected chi connectivity index (χ0v) is 6.22. The number of hydrogen-bond donors (Lipinski definition) is 2. The quantitative estimate of drug-likeness (QED) is 0.482. The molecule has 0 saturated heterocycles. The fourth-order valence-electron chi connectivity index (χ4n) is 0.730. The van der Waals surface area contributed by atoms with E-state index >= 15 is 0 Å². The van der Waals surface area contributed by atoms with Crippen LogP contribution >= 0.6 is 0 Å². The summed E-state index contributed by atoms with van der Waals surface area (Å²) in [7, 11) is 1.55. The lowest BCUT2D eigenvalue weighted by molar-refractivity contribution is 0.414. The van der Waals surface area contributed by atoms with Crippen molar-refractivity contribution in [3.8, 4) is 5.75 Å². The lowest BCUT2D eigenvalue weighted by Crippen LogP contribution is -2.10. The third-order valence-electron chi connectivity index (χ3n) is 1.31. The van der Waals surface area contributed by atoms with Gasteiger partial charge in [-0.1, -0.05) is 6.07 Å². The first-order valence-corrected chi connectivity index (χ1v) is 3.14. The zero-order chi connectivity index (χ0) is 8.27. The Bertz CT molecular complexity index is 271. The highest BCUT2D eigenvalue weighted by Gasteiger charge is 1.96. The van der Waals surface area contributed by atoms with Crippen molar-refractivity contribution in [2.45, 2.75) is 0 Å². The Morgan fingerprint density at radius 3 is 3.00 bits per heavy atom. The molecule has 0 spiro atoms. The highest BCUT2D eigenvalue weighted by Crippen LogP contribution is 2.10. The average Bonchev–Trinajstić information content (AvgIpc) is 2.05. The molecule has 0 aliphatic rings. The van der Waals surface area contributed by atoms with Crippen molar-refractivity contribution in [2.24, 2.45) is 5.73 Å². The van der Waals surface area contributed by atoms with Crippen LogP contribution in [-0.4, -0.2) is 12.9 Å². The SMILES string of the molecule is COc1[c]ccc(C(=N)N)c1. The van der Waals surface area contributed by atoms with Gasteiger partial charge in [-0.3, -0.25) is 5.41 Å². The van der Waals surface area contributed by atoms with Crippen LogP contribution in [0.5, 0.6) is 5.75 Å². The molecule has 0 aromatic heterocycles. The Kier molecular flexibility index (Phi) is 2.11. The third kappa shape index (κ3) is 1.70. The van der Waals surface area contributed by atoms with Gasteiger partial charge in [-0.2, -0.15) is 0 Å². The van der Waals surface area contributed by atoms with Gasteiger partial charge in [0.25, 0.3) is 0 Å². The maximum atomic E-state index is 7.12. The van der Waals surface area contributed by atoms with Gasteiger partial charge in [-0.05, 0) is 12.1 Å². The van der Waals surface area contributed by atoms with Gasteiger partial charge < -0.3 is 10.5 Å². The van der Waals surface area contributed by atoms with Gasteiger partial charge in [0.1, 0.15) is 11.6 Å². The minimum atomic E-state index is 0.0392. The number of amidine groups is 1. The molecule has 1 aromatic carbocycles. The minimum absolute atomic E-state index is 0.0392. The van der Waals surface area contributed by atoms with E-state index in [1.165, 1.54) is 0 Å². The van der Waals surface area contributed by atoms with Gasteiger partial charge in [0.15, 0.2) is 0 Å². The van der Waals surface area contributed by atoms with Crippen molar-refractivity contribution < 1.29 is 4.74 Å². The van der Waals surface area contributed by atoms with Crippen LogP contribution in [0.15, 0.2) is 18.2 Å². The van der Waals surface area contributed by atoms with E-state index in [-0.39, 0.29) is 5.84 Å². The summed E-state index contributed by atoms with van der Waals surface area (Å²) in [6.07, 6.45) is 0. The van der Waals surface area contributed by atoms with E-state index in [0.29, 0.717) is 11.3 Å². The number of methoxy groups -OCH3 is 1. The Morgan fingerprint density at radius 2 is 2.45 bits per heavy atom. The van der Waals surface area contributed by atoms with Crippen molar-refractivity contribution >= 4 is 5.84 Å². The van der Waals surface area contributed by atoms with Crippen LogP contribution in [0.25, 0.3) is 0 Å². The molecule has 1 aromatic rings. The fourth-order valence-corrected chi connectivity index (χ4v) is 0.730. The molecule has 0 atom stereocenters. The number of nitrogens with two attached hydrogens (primary N) is 1. The Balaban J connectivity index is 3.01. The summed E-state index contributed by atoms with van der Waals surface area (Å²) in [6.45, 7) is 0. The van der Waals surface area contributed by atoms with Gasteiger partial charge in [0.2, 0.25) is 0 Å². The minimum Gasteiger partial charge on any atom is -0.496 e. The van der Waals surface area contributed by atoms with E-state index < -0.39 is 0 Å². The molecule has 11 heavy (non-hydrogen) atoms. The summed E-state index contributed by atoms with van der Waals surface area (Å²) in [4.78, 5) is 0. The maximum Gasteiger partial charge on any atom is 0.127 e. The first-order valence-electron chi connectivity index (χ1n) is 3.14. The second-order valence-electron chi connectivity index (χ2n) is 2.06. The number of benzene rings is 1. The molecule has 0 amide bonds. The Labute approximate surface area is 65.3 Å². The van der Waals surface area contributed by atoms with E-state index in [0.717, 1.165) is 0 Å². The summed E-state index contributed by atoms with van der Waals surface area (Å²) in [6, 6.07) is 7.90. The number of nitrogen functional groups attached to an aromatic ring is 1. The molecule has 0 fully saturated rings. The third-order valence-corrected chi connectivity index (χ3v) is 1.31. The smallest absolute Gasteiger partial charge is 0.127 e. The predicted molar refractivity (Wildman–Crippen MR) is 42.8 cm³/mol. The summed E-state index contributed by atoms with van der Waals surface area (Å²) in [5.74, 6) is 0.634. The highest BCUT2D eigenvalue weighted by molar-refractivity contribution is 5.95. The highest BCUT2D eigenvalue weighted by atomic mass is 16.5. The molecule has 0 bridgehead atoms. The monoisotopic (exact) mass is 149 g/mol. The largest absolute Gasteiger partial charge is 0.496 e. The van der Waals surface area contributed by atoms with Gasteiger partial charge in [0.05, 0.1) is 7.11 Å². The molecule has 0 heterocycles. The van der Waals surface area contributed by atoms with Gasteiger partial charge in [0, 0.05) is 11.6 Å². The summed E-state index contributed by atoms with van der Waals surface area (Å²) >= 11 is 0. The van der Waals surface area contributed by atoms with Crippen molar-refractivity contribution in [2.75, 3.05) is 7.11 Å². The molecule has 3 heteroatoms. The average molecular weight is 149 g/mol. The predicted octanol–water partition coefficient (Wildman–Crippen LogP) is 0.779. The Morgan fingerprint density at radius 1 is 1.73 bits per heavy atom. The van der Waals surface area contributed by atoms with E-state index in [1.54, 1.807) is 25.3 Å². The number of rotatable bonds is 2. The molecule has 0 unspecified atom stereocenters. The van der Waals surface area contributed by atoms with Gasteiger partial charge >= 0.3 is 0 Å². The van der Waals surface area contributed by atoms with Crippen LogP contribution in [0.1, 0.15) is 5.56 Å². The lowest BCUT2D eigenvalue weighted by atomic mass is 10.2. The number of nitrogens with one attached hydrogen (secondary N) is 1. The first kappa shape index (κ1) is 7.60. The summed E-state index contributed by atoms with van der Waals surface area (Å²) in [5, 5.41) is 7.12. The Hall–Kier alpha value is -1.51. The molecule has 0 saturated carbocycles. The second-order valence-corrected chi connectivity index (χ2v) is 2.06. The molecule has 1 rings (SSSR count). The van der Waals surface area contributed by atoms with Crippen LogP contribution in [0.4, 0.5) is 0 Å². The molecular weight excluding hydrogens is 140 g/mol. The van der Waals surface area contributed by atoms with E-state index in [4.69, 9.17) is 15.9 Å². The van der Waals surface area contributed by atoms with Gasteiger partial charge in [-0.25, -0.2) is 0 Å². The molecule has 3 nitrogen and oxygen atoms in total. The van der Waals surface area contributed by atoms with Crippen molar-refractivity contribution in [1.29, 1.82) is 5.41 Å². The number of ether oxygens (including phenoxy) is 1. The number of hydrogen-bond acceptors (Lipinski definition) is 2. The van der Waals surface area contributed by atoms with Crippen molar-refractivity contribution in [3.05, 3.63) is 29.8 Å². The van der Waals surface area contributed by atoms with Crippen LogP contribution in [-0.2, 0) is 0 Å². The molecule has 0 aliphatic heterocycles. The van der Waals surface area contributed by atoms with Crippen molar-refractivity contribution in [3.63, 3.8) is 0 Å². The van der Waals surface area contributed by atoms with E-state index in [9.17, 15) is 0 Å². The van der Waals surface area contributed by atoms with Gasteiger partial charge in [-0.15, -0.1) is 0 Å². The molecule has 0 aliphatic carbocycles. The van der Waals surface area contributed by atoms with Crippen molar-refractivity contribution in [1.82, 2.24) is 0 Å². The van der Waals surface area contributed by atoms with Crippen LogP contribution < -0.4 is 10.5 Å². The summed E-state index contributed by atoms with van der Waals surface area (Å²) < 4.78 is 4.90. The lowest BCUT2D eigenvalue weighted by Gasteiger charge is -2.00. The fraction of sp³-hybridized carbons (Fsp3) is 0.125. The molecule has 3 N–H and O–H groups in total. The van der Waals surface area contributed by atoms with Crippen LogP contribution in [0.2, 0.25) is 0 Å². The van der Waals surface area contributed by atoms with Crippen LogP contribution in [0, 0.1) is 11.5 Å². The first-order chi connectivity index (χ1) is 5.24. The van der Waals surface area contributed by atoms with Crippen LogP contribution in [0.3, 0.4) is 0 Å². The zero-order valence-electron chi connectivity index (χ0n) is 6.22. The molecule has 1 radical (unpaired) electrons. The van der Waals surface area contributed by atoms with E-state index in [2.05, 4.69) is 6.07 Å².